The molecule has 1 rings (SSSR count). The third kappa shape index (κ3) is 7.55. The third-order valence-electron chi connectivity index (χ3n) is 4.46. The molecule has 0 saturated heterocycles. The second-order valence-electron chi connectivity index (χ2n) is 7.21. The highest BCUT2D eigenvalue weighted by atomic mass is 16.5. The molecule has 28 heavy (non-hydrogen) atoms. The standard InChI is InChI=1S/C22H31NO5/c1-5-10-17(21(25)26)18(13-15(3)4)20(24)23-19(22(27)28-6-2)14-16-11-8-7-9-12-16/h5,7-9,11-12,15,17-19H,1,6,10,13-14H2,2-4H3,(H,23,24)(H,25,26)/t17-,18+,19-/m0/s1. The molecule has 6 nitrogen and oxygen atoms in total. The van der Waals surface area contributed by atoms with Crippen LogP contribution < -0.4 is 5.32 Å². The number of rotatable bonds is 12. The SMILES string of the molecule is C=CC[C@H](C(=O)O)[C@@H](CC(C)C)C(=O)N[C@@H](Cc1ccccc1)C(=O)OCC. The van der Waals surface area contributed by atoms with Crippen LogP contribution in [-0.4, -0.2) is 35.6 Å². The molecule has 3 atom stereocenters. The van der Waals surface area contributed by atoms with Gasteiger partial charge >= 0.3 is 11.9 Å². The van der Waals surface area contributed by atoms with Gasteiger partial charge < -0.3 is 15.2 Å². The van der Waals surface area contributed by atoms with Crippen molar-refractivity contribution in [1.82, 2.24) is 5.32 Å². The van der Waals surface area contributed by atoms with E-state index < -0.39 is 35.7 Å². The Morgan fingerprint density at radius 3 is 2.32 bits per heavy atom. The summed E-state index contributed by atoms with van der Waals surface area (Å²) in [6.07, 6.45) is 2.37. The van der Waals surface area contributed by atoms with Gasteiger partial charge in [-0.15, -0.1) is 6.58 Å². The molecule has 154 valence electrons. The molecule has 2 N–H and O–H groups in total. The molecule has 0 unspecified atom stereocenters. The summed E-state index contributed by atoms with van der Waals surface area (Å²) in [5.41, 5.74) is 0.877. The van der Waals surface area contributed by atoms with Crippen LogP contribution in [-0.2, 0) is 25.5 Å². The quantitative estimate of drug-likeness (QED) is 0.423. The zero-order chi connectivity index (χ0) is 21.1. The fourth-order valence-electron chi connectivity index (χ4n) is 3.14. The van der Waals surface area contributed by atoms with Crippen molar-refractivity contribution in [3.8, 4) is 0 Å². The van der Waals surface area contributed by atoms with Gasteiger partial charge in [0, 0.05) is 6.42 Å². The zero-order valence-electron chi connectivity index (χ0n) is 16.9. The molecule has 6 heteroatoms. The van der Waals surface area contributed by atoms with E-state index in [1.54, 1.807) is 6.92 Å². The van der Waals surface area contributed by atoms with Crippen molar-refractivity contribution < 1.29 is 24.2 Å². The minimum Gasteiger partial charge on any atom is -0.481 e. The highest BCUT2D eigenvalue weighted by Gasteiger charge is 2.35. The van der Waals surface area contributed by atoms with E-state index in [0.717, 1.165) is 5.56 Å². The number of carboxylic acid groups (broad SMARTS) is 1. The van der Waals surface area contributed by atoms with E-state index in [1.165, 1.54) is 6.08 Å². The second kappa shape index (κ2) is 12.0. The number of hydrogen-bond donors (Lipinski definition) is 2. The molecule has 1 aromatic rings. The first kappa shape index (κ1) is 23.4. The predicted octanol–water partition coefficient (Wildman–Crippen LogP) is 3.22. The van der Waals surface area contributed by atoms with Crippen molar-refractivity contribution in [3.05, 3.63) is 48.6 Å². The van der Waals surface area contributed by atoms with Gasteiger partial charge in [0.05, 0.1) is 18.4 Å². The monoisotopic (exact) mass is 389 g/mol. The Kier molecular flexibility index (Phi) is 9.99. The molecule has 1 amide bonds. The first-order valence-corrected chi connectivity index (χ1v) is 9.64. The number of ether oxygens (including phenoxy) is 1. The molecule has 0 saturated carbocycles. The molecule has 0 fully saturated rings. The smallest absolute Gasteiger partial charge is 0.328 e. The molecule has 0 aliphatic rings. The lowest BCUT2D eigenvalue weighted by atomic mass is 9.82. The van der Waals surface area contributed by atoms with Crippen LogP contribution >= 0.6 is 0 Å². The summed E-state index contributed by atoms with van der Waals surface area (Å²) < 4.78 is 5.11. The van der Waals surface area contributed by atoms with Crippen molar-refractivity contribution in [2.75, 3.05) is 6.61 Å². The lowest BCUT2D eigenvalue weighted by Gasteiger charge is -2.26. The molecule has 0 radical (unpaired) electrons. The van der Waals surface area contributed by atoms with Gasteiger partial charge in [-0.25, -0.2) is 4.79 Å². The number of allylic oxidation sites excluding steroid dienone is 1. The summed E-state index contributed by atoms with van der Waals surface area (Å²) in [4.78, 5) is 37.1. The zero-order valence-corrected chi connectivity index (χ0v) is 16.9. The fourth-order valence-corrected chi connectivity index (χ4v) is 3.14. The summed E-state index contributed by atoms with van der Waals surface area (Å²) in [6.45, 7) is 9.36. The van der Waals surface area contributed by atoms with Gasteiger partial charge in [0.15, 0.2) is 0 Å². The van der Waals surface area contributed by atoms with Crippen LogP contribution in [0.25, 0.3) is 0 Å². The third-order valence-corrected chi connectivity index (χ3v) is 4.46. The molecule has 0 aromatic heterocycles. The van der Waals surface area contributed by atoms with Gasteiger partial charge in [-0.1, -0.05) is 50.3 Å². The minimum atomic E-state index is -1.04. The summed E-state index contributed by atoms with van der Waals surface area (Å²) in [7, 11) is 0. The van der Waals surface area contributed by atoms with Crippen molar-refractivity contribution in [3.63, 3.8) is 0 Å². The van der Waals surface area contributed by atoms with Crippen molar-refractivity contribution in [2.45, 2.75) is 46.1 Å². The van der Waals surface area contributed by atoms with E-state index >= 15 is 0 Å². The summed E-state index contributed by atoms with van der Waals surface area (Å²) in [5, 5.41) is 12.3. The average Bonchev–Trinajstić information content (AvgIpc) is 2.64. The topological polar surface area (TPSA) is 92.7 Å². The van der Waals surface area contributed by atoms with Crippen LogP contribution in [0.15, 0.2) is 43.0 Å². The van der Waals surface area contributed by atoms with Gasteiger partial charge in [0.1, 0.15) is 6.04 Å². The number of hydrogen-bond acceptors (Lipinski definition) is 4. The summed E-state index contributed by atoms with van der Waals surface area (Å²) >= 11 is 0. The lowest BCUT2D eigenvalue weighted by molar-refractivity contribution is -0.150. The molecule has 0 spiro atoms. The maximum absolute atomic E-state index is 13.0. The van der Waals surface area contributed by atoms with Crippen LogP contribution in [0.4, 0.5) is 0 Å². The Labute approximate surface area is 167 Å². The highest BCUT2D eigenvalue weighted by molar-refractivity contribution is 5.89. The number of amides is 1. The maximum Gasteiger partial charge on any atom is 0.328 e. The Bertz CT molecular complexity index is 656. The number of carboxylic acids is 1. The van der Waals surface area contributed by atoms with E-state index in [1.807, 2.05) is 44.2 Å². The van der Waals surface area contributed by atoms with Crippen LogP contribution in [0.3, 0.4) is 0 Å². The molecule has 0 heterocycles. The van der Waals surface area contributed by atoms with E-state index in [-0.39, 0.29) is 25.4 Å². The number of nitrogens with one attached hydrogen (secondary N) is 1. The van der Waals surface area contributed by atoms with Crippen LogP contribution in [0.1, 0.15) is 39.2 Å². The Morgan fingerprint density at radius 1 is 1.18 bits per heavy atom. The number of esters is 1. The van der Waals surface area contributed by atoms with Gasteiger partial charge in [-0.3, -0.25) is 9.59 Å². The first-order valence-electron chi connectivity index (χ1n) is 9.64. The molecule has 1 aromatic carbocycles. The molecule has 0 bridgehead atoms. The summed E-state index contributed by atoms with van der Waals surface area (Å²) in [6, 6.07) is 8.43. The van der Waals surface area contributed by atoms with Crippen LogP contribution in [0.5, 0.6) is 0 Å². The van der Waals surface area contributed by atoms with Gasteiger partial charge in [-0.2, -0.15) is 0 Å². The normalized spacial score (nSPS) is 14.0. The highest BCUT2D eigenvalue weighted by Crippen LogP contribution is 2.25. The first-order chi connectivity index (χ1) is 13.3. The van der Waals surface area contributed by atoms with Gasteiger partial charge in [0.2, 0.25) is 5.91 Å². The van der Waals surface area contributed by atoms with Gasteiger partial charge in [0.25, 0.3) is 0 Å². The molecular weight excluding hydrogens is 358 g/mol. The molecular formula is C22H31NO5. The Morgan fingerprint density at radius 2 is 1.82 bits per heavy atom. The number of carbonyl (C=O) groups excluding carboxylic acids is 2. The molecule has 0 aliphatic heterocycles. The second-order valence-corrected chi connectivity index (χ2v) is 7.21. The van der Waals surface area contributed by atoms with Gasteiger partial charge in [-0.05, 0) is 31.2 Å². The lowest BCUT2D eigenvalue weighted by Crippen LogP contribution is -2.48. The van der Waals surface area contributed by atoms with E-state index in [2.05, 4.69) is 11.9 Å². The fraction of sp³-hybridized carbons (Fsp3) is 0.500. The van der Waals surface area contributed by atoms with E-state index in [9.17, 15) is 19.5 Å². The Balaban J connectivity index is 3.06. The summed E-state index contributed by atoms with van der Waals surface area (Å²) in [5.74, 6) is -3.55. The number of aliphatic carboxylic acids is 1. The van der Waals surface area contributed by atoms with E-state index in [4.69, 9.17) is 4.74 Å². The minimum absolute atomic E-state index is 0.123. The number of carbonyl (C=O) groups is 3. The number of benzene rings is 1. The largest absolute Gasteiger partial charge is 0.481 e. The van der Waals surface area contributed by atoms with Crippen LogP contribution in [0.2, 0.25) is 0 Å². The van der Waals surface area contributed by atoms with E-state index in [0.29, 0.717) is 6.42 Å². The molecule has 0 aliphatic carbocycles. The average molecular weight is 389 g/mol. The van der Waals surface area contributed by atoms with Crippen LogP contribution in [0, 0.1) is 17.8 Å². The maximum atomic E-state index is 13.0. The van der Waals surface area contributed by atoms with Crippen molar-refractivity contribution in [2.24, 2.45) is 17.8 Å². The van der Waals surface area contributed by atoms with Crippen molar-refractivity contribution >= 4 is 17.8 Å². The Hall–Kier alpha value is -2.63. The predicted molar refractivity (Wildman–Crippen MR) is 108 cm³/mol. The van der Waals surface area contributed by atoms with Crippen molar-refractivity contribution in [1.29, 1.82) is 0 Å².